The predicted octanol–water partition coefficient (Wildman–Crippen LogP) is 5.18. The number of pyridine rings is 1. The quantitative estimate of drug-likeness (QED) is 0.363. The zero-order chi connectivity index (χ0) is 22.4. The molecular weight excluding hydrogens is 453 g/mol. The summed E-state index contributed by atoms with van der Waals surface area (Å²) in [5.74, 6) is -0.416. The fourth-order valence-electron chi connectivity index (χ4n) is 2.31. The van der Waals surface area contributed by atoms with Crippen molar-refractivity contribution < 1.29 is 22.7 Å². The molecule has 0 aliphatic carbocycles. The minimum atomic E-state index is -4.56. The van der Waals surface area contributed by atoms with E-state index in [1.165, 1.54) is 24.3 Å². The lowest BCUT2D eigenvalue weighted by Crippen LogP contribution is -2.43. The molecule has 6 nitrogen and oxygen atoms in total. The van der Waals surface area contributed by atoms with Crippen LogP contribution in [0.15, 0.2) is 66.9 Å². The van der Waals surface area contributed by atoms with E-state index < -0.39 is 17.6 Å². The van der Waals surface area contributed by atoms with Crippen LogP contribution in [0.1, 0.15) is 15.9 Å². The van der Waals surface area contributed by atoms with Crippen LogP contribution in [0.25, 0.3) is 0 Å². The SMILES string of the molecule is O=C(NNC(=S)Nc1ccccc1)c1ccc(Oc2ncc(C(F)(F)F)cc2Cl)cc1. The number of halogens is 4. The second-order valence-corrected chi connectivity index (χ2v) is 6.85. The lowest BCUT2D eigenvalue weighted by Gasteiger charge is -2.12. The molecule has 1 amide bonds. The van der Waals surface area contributed by atoms with Crippen LogP contribution in [-0.2, 0) is 6.18 Å². The Morgan fingerprint density at radius 1 is 1.03 bits per heavy atom. The number of carbonyl (C=O) groups is 1. The number of amides is 1. The molecule has 0 saturated carbocycles. The highest BCUT2D eigenvalue weighted by molar-refractivity contribution is 7.80. The van der Waals surface area contributed by atoms with Crippen molar-refractivity contribution >= 4 is 40.5 Å². The molecule has 0 unspecified atom stereocenters. The maximum Gasteiger partial charge on any atom is 0.417 e. The summed E-state index contributed by atoms with van der Waals surface area (Å²) < 4.78 is 43.4. The van der Waals surface area contributed by atoms with Crippen molar-refractivity contribution in [1.29, 1.82) is 0 Å². The number of benzene rings is 2. The summed E-state index contributed by atoms with van der Waals surface area (Å²) in [7, 11) is 0. The first-order valence-electron chi connectivity index (χ1n) is 8.65. The molecule has 0 saturated heterocycles. The monoisotopic (exact) mass is 466 g/mol. The van der Waals surface area contributed by atoms with Crippen LogP contribution < -0.4 is 20.9 Å². The van der Waals surface area contributed by atoms with Gasteiger partial charge in [-0.2, -0.15) is 13.2 Å². The number of thiocarbonyl (C=S) groups is 1. The normalized spacial score (nSPS) is 10.8. The number of anilines is 1. The topological polar surface area (TPSA) is 75.3 Å². The van der Waals surface area contributed by atoms with Crippen molar-refractivity contribution in [3.8, 4) is 11.6 Å². The van der Waals surface area contributed by atoms with Gasteiger partial charge < -0.3 is 10.1 Å². The zero-order valence-corrected chi connectivity index (χ0v) is 17.1. The smallest absolute Gasteiger partial charge is 0.417 e. The Kier molecular flexibility index (Phi) is 6.93. The lowest BCUT2D eigenvalue weighted by atomic mass is 10.2. The van der Waals surface area contributed by atoms with Crippen molar-refractivity contribution in [2.24, 2.45) is 0 Å². The van der Waals surface area contributed by atoms with Crippen LogP contribution in [0.2, 0.25) is 5.02 Å². The van der Waals surface area contributed by atoms with Crippen LogP contribution in [0.5, 0.6) is 11.6 Å². The van der Waals surface area contributed by atoms with Crippen LogP contribution in [-0.4, -0.2) is 16.0 Å². The van der Waals surface area contributed by atoms with E-state index in [-0.39, 0.29) is 27.3 Å². The van der Waals surface area contributed by atoms with Crippen molar-refractivity contribution in [3.63, 3.8) is 0 Å². The molecule has 160 valence electrons. The number of carbonyl (C=O) groups excluding carboxylic acids is 1. The number of aromatic nitrogens is 1. The number of para-hydroxylation sites is 1. The average Bonchev–Trinajstić information content (AvgIpc) is 2.74. The third-order valence-electron chi connectivity index (χ3n) is 3.79. The summed E-state index contributed by atoms with van der Waals surface area (Å²) in [6, 6.07) is 15.7. The van der Waals surface area contributed by atoms with Gasteiger partial charge >= 0.3 is 6.18 Å². The minimum Gasteiger partial charge on any atom is -0.438 e. The van der Waals surface area contributed by atoms with Crippen molar-refractivity contribution in [2.45, 2.75) is 6.18 Å². The average molecular weight is 467 g/mol. The van der Waals surface area contributed by atoms with Crippen molar-refractivity contribution in [3.05, 3.63) is 83.0 Å². The number of ether oxygens (including phenoxy) is 1. The number of rotatable bonds is 4. The number of hydrogen-bond acceptors (Lipinski definition) is 4. The molecule has 0 aliphatic heterocycles. The van der Waals surface area contributed by atoms with Gasteiger partial charge in [-0.1, -0.05) is 29.8 Å². The molecule has 3 rings (SSSR count). The summed E-state index contributed by atoms with van der Waals surface area (Å²) in [5.41, 5.74) is 5.08. The highest BCUT2D eigenvalue weighted by Gasteiger charge is 2.31. The molecule has 3 aromatic rings. The number of hydrazine groups is 1. The van der Waals surface area contributed by atoms with Crippen LogP contribution in [0, 0.1) is 0 Å². The summed E-state index contributed by atoms with van der Waals surface area (Å²) in [4.78, 5) is 15.8. The number of nitrogens with one attached hydrogen (secondary N) is 3. The van der Waals surface area contributed by atoms with Crippen LogP contribution in [0.3, 0.4) is 0 Å². The van der Waals surface area contributed by atoms with Gasteiger partial charge in [0.2, 0.25) is 5.88 Å². The molecule has 0 radical (unpaired) electrons. The van der Waals surface area contributed by atoms with E-state index in [1.807, 2.05) is 30.3 Å². The van der Waals surface area contributed by atoms with E-state index in [0.29, 0.717) is 6.20 Å². The summed E-state index contributed by atoms with van der Waals surface area (Å²) in [5, 5.41) is 2.80. The first kappa shape index (κ1) is 22.3. The second-order valence-electron chi connectivity index (χ2n) is 6.03. The molecule has 3 N–H and O–H groups in total. The van der Waals surface area contributed by atoms with Crippen LogP contribution in [0.4, 0.5) is 18.9 Å². The van der Waals surface area contributed by atoms with Gasteiger partial charge in [0.1, 0.15) is 10.8 Å². The Bertz CT molecular complexity index is 1080. The van der Waals surface area contributed by atoms with E-state index in [0.717, 1.165) is 11.8 Å². The van der Waals surface area contributed by atoms with Gasteiger partial charge in [0.25, 0.3) is 5.91 Å². The van der Waals surface area contributed by atoms with Crippen LogP contribution >= 0.6 is 23.8 Å². The molecule has 0 fully saturated rings. The van der Waals surface area contributed by atoms with Gasteiger partial charge in [-0.05, 0) is 54.7 Å². The first-order valence-corrected chi connectivity index (χ1v) is 9.44. The molecule has 1 aromatic heterocycles. The Hall–Kier alpha value is -3.37. The molecular formula is C20H14ClF3N4O2S. The molecule has 0 atom stereocenters. The third kappa shape index (κ3) is 6.30. The lowest BCUT2D eigenvalue weighted by molar-refractivity contribution is -0.137. The maximum atomic E-state index is 12.7. The highest BCUT2D eigenvalue weighted by Crippen LogP contribution is 2.34. The fraction of sp³-hybridized carbons (Fsp3) is 0.0500. The highest BCUT2D eigenvalue weighted by atomic mass is 35.5. The third-order valence-corrected chi connectivity index (χ3v) is 4.26. The molecule has 11 heteroatoms. The molecule has 0 spiro atoms. The number of alkyl halides is 3. The molecule has 31 heavy (non-hydrogen) atoms. The Labute approximate surface area is 185 Å². The summed E-state index contributed by atoms with van der Waals surface area (Å²) in [6.45, 7) is 0. The zero-order valence-electron chi connectivity index (χ0n) is 15.5. The van der Waals surface area contributed by atoms with Gasteiger partial charge in [-0.3, -0.25) is 15.6 Å². The van der Waals surface area contributed by atoms with Gasteiger partial charge in [-0.15, -0.1) is 0 Å². The van der Waals surface area contributed by atoms with Crippen molar-refractivity contribution in [1.82, 2.24) is 15.8 Å². The van der Waals surface area contributed by atoms with E-state index in [9.17, 15) is 18.0 Å². The minimum absolute atomic E-state index is 0.189. The Balaban J connectivity index is 1.56. The summed E-state index contributed by atoms with van der Waals surface area (Å²) in [6.07, 6.45) is -3.93. The van der Waals surface area contributed by atoms with E-state index in [2.05, 4.69) is 21.2 Å². The Morgan fingerprint density at radius 3 is 2.32 bits per heavy atom. The molecule has 1 heterocycles. The Morgan fingerprint density at radius 2 is 1.71 bits per heavy atom. The number of nitrogens with zero attached hydrogens (tertiary/aromatic N) is 1. The standard InChI is InChI=1S/C20H14ClF3N4O2S/c21-16-10-13(20(22,23)24)11-25-18(16)30-15-8-6-12(7-9-15)17(29)27-28-19(31)26-14-4-2-1-3-5-14/h1-11H,(H,27,29)(H2,26,28,31). The second kappa shape index (κ2) is 9.63. The molecule has 2 aromatic carbocycles. The van der Waals surface area contributed by atoms with Gasteiger partial charge in [0.05, 0.1) is 5.56 Å². The van der Waals surface area contributed by atoms with Gasteiger partial charge in [0.15, 0.2) is 5.11 Å². The molecule has 0 bridgehead atoms. The first-order chi connectivity index (χ1) is 14.7. The largest absolute Gasteiger partial charge is 0.438 e. The summed E-state index contributed by atoms with van der Waals surface area (Å²) >= 11 is 10.9. The number of hydrogen-bond donors (Lipinski definition) is 3. The van der Waals surface area contributed by atoms with E-state index in [4.69, 9.17) is 28.6 Å². The van der Waals surface area contributed by atoms with Crippen molar-refractivity contribution in [2.75, 3.05) is 5.32 Å². The van der Waals surface area contributed by atoms with Gasteiger partial charge in [0, 0.05) is 17.4 Å². The maximum absolute atomic E-state index is 12.7. The van der Waals surface area contributed by atoms with E-state index >= 15 is 0 Å². The molecule has 0 aliphatic rings. The fourth-order valence-corrected chi connectivity index (χ4v) is 2.68. The predicted molar refractivity (Wildman–Crippen MR) is 114 cm³/mol. The van der Waals surface area contributed by atoms with E-state index in [1.54, 1.807) is 0 Å². The van der Waals surface area contributed by atoms with Gasteiger partial charge in [-0.25, -0.2) is 4.98 Å².